The summed E-state index contributed by atoms with van der Waals surface area (Å²) >= 11 is 0. The lowest BCUT2D eigenvalue weighted by molar-refractivity contribution is -0.117. The van der Waals surface area contributed by atoms with Gasteiger partial charge in [-0.25, -0.2) is 0 Å². The number of rotatable bonds is 4. The molecule has 21 heavy (non-hydrogen) atoms. The normalized spacial score (nSPS) is 10.1. The number of hydrogen-bond donors (Lipinski definition) is 2. The van der Waals surface area contributed by atoms with E-state index in [0.717, 1.165) is 5.56 Å². The highest BCUT2D eigenvalue weighted by molar-refractivity contribution is 6.04. The van der Waals surface area contributed by atoms with Crippen LogP contribution in [0.5, 0.6) is 0 Å². The number of amides is 2. The van der Waals surface area contributed by atoms with Gasteiger partial charge in [-0.2, -0.15) is 0 Å². The van der Waals surface area contributed by atoms with E-state index in [0.29, 0.717) is 11.3 Å². The molecule has 6 heteroatoms. The van der Waals surface area contributed by atoms with Gasteiger partial charge in [0.1, 0.15) is 0 Å². The number of benzene rings is 1. The molecule has 2 amide bonds. The molecule has 0 aliphatic heterocycles. The minimum absolute atomic E-state index is 0.156. The summed E-state index contributed by atoms with van der Waals surface area (Å²) in [6.07, 6.45) is 1.69. The summed E-state index contributed by atoms with van der Waals surface area (Å²) in [4.78, 5) is 34.3. The van der Waals surface area contributed by atoms with Crippen LogP contribution in [0.3, 0.4) is 0 Å². The molecule has 0 spiro atoms. The molecule has 0 unspecified atom stereocenters. The van der Waals surface area contributed by atoms with E-state index in [1.807, 2.05) is 0 Å². The topological polar surface area (TPSA) is 94.2 Å². The fraction of sp³-hybridized carbons (Fsp3) is 0.133. The van der Waals surface area contributed by atoms with Gasteiger partial charge in [-0.05, 0) is 23.8 Å². The van der Waals surface area contributed by atoms with Crippen LogP contribution in [0.15, 0.2) is 47.4 Å². The summed E-state index contributed by atoms with van der Waals surface area (Å²) in [5.41, 5.74) is 6.50. The summed E-state index contributed by atoms with van der Waals surface area (Å²) < 4.78 is 1.38. The molecule has 3 N–H and O–H groups in total. The highest BCUT2D eigenvalue weighted by atomic mass is 16.2. The first-order valence-electron chi connectivity index (χ1n) is 6.31. The molecule has 0 aliphatic rings. The number of carbonyl (C=O) groups is 2. The Hall–Kier alpha value is -2.89. The van der Waals surface area contributed by atoms with Crippen LogP contribution < -0.4 is 16.6 Å². The molecule has 108 valence electrons. The SMILES string of the molecule is Cn1ccc(C(=O)Nc2ccc(CC(N)=O)cc2)cc1=O. The average Bonchev–Trinajstić information content (AvgIpc) is 2.43. The van der Waals surface area contributed by atoms with E-state index in [1.54, 1.807) is 37.4 Å². The number of hydrogen-bond acceptors (Lipinski definition) is 3. The monoisotopic (exact) mass is 285 g/mol. The summed E-state index contributed by atoms with van der Waals surface area (Å²) in [5, 5.41) is 2.68. The fourth-order valence-electron chi connectivity index (χ4n) is 1.80. The van der Waals surface area contributed by atoms with Gasteiger partial charge in [0.15, 0.2) is 0 Å². The van der Waals surface area contributed by atoms with Gasteiger partial charge < -0.3 is 15.6 Å². The molecule has 1 aromatic heterocycles. The van der Waals surface area contributed by atoms with Crippen molar-refractivity contribution in [3.63, 3.8) is 0 Å². The van der Waals surface area contributed by atoms with Crippen LogP contribution in [0.25, 0.3) is 0 Å². The van der Waals surface area contributed by atoms with E-state index < -0.39 is 5.91 Å². The van der Waals surface area contributed by atoms with E-state index in [4.69, 9.17) is 5.73 Å². The quantitative estimate of drug-likeness (QED) is 0.864. The zero-order valence-electron chi connectivity index (χ0n) is 11.5. The number of nitrogens with zero attached hydrogens (tertiary/aromatic N) is 1. The first-order chi connectivity index (χ1) is 9.95. The molecular weight excluding hydrogens is 270 g/mol. The largest absolute Gasteiger partial charge is 0.369 e. The number of carbonyl (C=O) groups excluding carboxylic acids is 2. The molecule has 2 rings (SSSR count). The Morgan fingerprint density at radius 2 is 1.86 bits per heavy atom. The zero-order valence-corrected chi connectivity index (χ0v) is 11.5. The Bertz CT molecular complexity index is 733. The van der Waals surface area contributed by atoms with Crippen molar-refractivity contribution in [1.82, 2.24) is 4.57 Å². The highest BCUT2D eigenvalue weighted by Crippen LogP contribution is 2.11. The molecule has 0 radical (unpaired) electrons. The minimum Gasteiger partial charge on any atom is -0.369 e. The second-order valence-electron chi connectivity index (χ2n) is 4.66. The number of primary amides is 1. The van der Waals surface area contributed by atoms with Crippen molar-refractivity contribution in [2.75, 3.05) is 5.32 Å². The maximum atomic E-state index is 12.0. The molecule has 0 bridgehead atoms. The van der Waals surface area contributed by atoms with Crippen LogP contribution in [0, 0.1) is 0 Å². The van der Waals surface area contributed by atoms with Crippen molar-refractivity contribution in [2.45, 2.75) is 6.42 Å². The third kappa shape index (κ3) is 3.79. The van der Waals surface area contributed by atoms with Gasteiger partial charge >= 0.3 is 0 Å². The Labute approximate surface area is 121 Å². The van der Waals surface area contributed by atoms with E-state index in [9.17, 15) is 14.4 Å². The summed E-state index contributed by atoms with van der Waals surface area (Å²) in [5.74, 6) is -0.776. The van der Waals surface area contributed by atoms with Crippen molar-refractivity contribution < 1.29 is 9.59 Å². The number of aryl methyl sites for hydroxylation is 1. The number of anilines is 1. The van der Waals surface area contributed by atoms with E-state index >= 15 is 0 Å². The van der Waals surface area contributed by atoms with Crippen molar-refractivity contribution in [3.8, 4) is 0 Å². The van der Waals surface area contributed by atoms with E-state index in [-0.39, 0.29) is 17.9 Å². The van der Waals surface area contributed by atoms with Crippen LogP contribution in [-0.4, -0.2) is 16.4 Å². The Morgan fingerprint density at radius 3 is 2.43 bits per heavy atom. The molecule has 0 fully saturated rings. The van der Waals surface area contributed by atoms with Gasteiger partial charge in [-0.1, -0.05) is 12.1 Å². The minimum atomic E-state index is -0.410. The van der Waals surface area contributed by atoms with Crippen LogP contribution >= 0.6 is 0 Å². The number of pyridine rings is 1. The Morgan fingerprint density at radius 1 is 1.19 bits per heavy atom. The molecule has 0 saturated heterocycles. The zero-order chi connectivity index (χ0) is 15.4. The third-order valence-corrected chi connectivity index (χ3v) is 2.96. The van der Waals surface area contributed by atoms with Crippen LogP contribution in [0.2, 0.25) is 0 Å². The maximum absolute atomic E-state index is 12.0. The molecule has 0 atom stereocenters. The van der Waals surface area contributed by atoms with Crippen molar-refractivity contribution in [2.24, 2.45) is 12.8 Å². The molecular formula is C15H15N3O3. The Balaban J connectivity index is 2.10. The second kappa shape index (κ2) is 6.04. The van der Waals surface area contributed by atoms with Crippen LogP contribution in [-0.2, 0) is 18.3 Å². The molecule has 0 aliphatic carbocycles. The summed E-state index contributed by atoms with van der Waals surface area (Å²) in [6.45, 7) is 0. The predicted octanol–water partition coefficient (Wildman–Crippen LogP) is 0.665. The second-order valence-corrected chi connectivity index (χ2v) is 4.66. The molecule has 2 aromatic rings. The van der Waals surface area contributed by atoms with Gasteiger partial charge in [0, 0.05) is 30.6 Å². The maximum Gasteiger partial charge on any atom is 0.255 e. The first kappa shape index (κ1) is 14.5. The van der Waals surface area contributed by atoms with Gasteiger partial charge in [0.25, 0.3) is 11.5 Å². The molecule has 1 aromatic carbocycles. The lowest BCUT2D eigenvalue weighted by Gasteiger charge is -2.06. The van der Waals surface area contributed by atoms with Crippen molar-refractivity contribution in [3.05, 3.63) is 64.1 Å². The van der Waals surface area contributed by atoms with E-state index in [1.165, 1.54) is 16.8 Å². The van der Waals surface area contributed by atoms with Gasteiger partial charge in [0.2, 0.25) is 5.91 Å². The molecule has 1 heterocycles. The number of aromatic nitrogens is 1. The first-order valence-corrected chi connectivity index (χ1v) is 6.31. The lowest BCUT2D eigenvalue weighted by Crippen LogP contribution is -2.20. The van der Waals surface area contributed by atoms with Gasteiger partial charge in [-0.15, -0.1) is 0 Å². The fourth-order valence-corrected chi connectivity index (χ4v) is 1.80. The van der Waals surface area contributed by atoms with E-state index in [2.05, 4.69) is 5.32 Å². The molecule has 0 saturated carbocycles. The number of nitrogens with two attached hydrogens (primary N) is 1. The average molecular weight is 285 g/mol. The van der Waals surface area contributed by atoms with Crippen LogP contribution in [0.1, 0.15) is 15.9 Å². The predicted molar refractivity (Wildman–Crippen MR) is 79.0 cm³/mol. The smallest absolute Gasteiger partial charge is 0.255 e. The lowest BCUT2D eigenvalue weighted by atomic mass is 10.1. The Kier molecular flexibility index (Phi) is 4.18. The van der Waals surface area contributed by atoms with Crippen molar-refractivity contribution >= 4 is 17.5 Å². The highest BCUT2D eigenvalue weighted by Gasteiger charge is 2.07. The third-order valence-electron chi connectivity index (χ3n) is 2.96. The standard InChI is InChI=1S/C15H15N3O3/c1-18-7-6-11(9-14(18)20)15(21)17-12-4-2-10(3-5-12)8-13(16)19/h2-7,9H,8H2,1H3,(H2,16,19)(H,17,21). The van der Waals surface area contributed by atoms with Gasteiger partial charge in [-0.3, -0.25) is 14.4 Å². The number of nitrogens with one attached hydrogen (secondary N) is 1. The van der Waals surface area contributed by atoms with Crippen molar-refractivity contribution in [1.29, 1.82) is 0 Å². The van der Waals surface area contributed by atoms with Gasteiger partial charge in [0.05, 0.1) is 6.42 Å². The summed E-state index contributed by atoms with van der Waals surface area (Å²) in [7, 11) is 1.61. The van der Waals surface area contributed by atoms with Crippen LogP contribution in [0.4, 0.5) is 5.69 Å². The molecule has 6 nitrogen and oxygen atoms in total. The summed E-state index contributed by atoms with van der Waals surface area (Å²) in [6, 6.07) is 9.62.